The van der Waals surface area contributed by atoms with Crippen molar-refractivity contribution >= 4 is 11.6 Å². The highest BCUT2D eigenvalue weighted by atomic mass is 35.5. The molecular weight excluding hydrogens is 186 g/mol. The average molecular weight is 194 g/mol. The highest BCUT2D eigenvalue weighted by Gasteiger charge is 2.05. The van der Waals surface area contributed by atoms with E-state index in [4.69, 9.17) is 11.6 Å². The molecule has 66 valence electrons. The van der Waals surface area contributed by atoms with Gasteiger partial charge in [-0.25, -0.2) is 0 Å². The molecule has 2 heterocycles. The summed E-state index contributed by atoms with van der Waals surface area (Å²) in [6.45, 7) is 1.98. The maximum Gasteiger partial charge on any atom is 0.112 e. The first-order chi connectivity index (χ1) is 6.27. The minimum Gasteiger partial charge on any atom is -0.284 e. The first-order valence-corrected chi connectivity index (χ1v) is 4.26. The molecular formula is C9H8ClN3. The van der Waals surface area contributed by atoms with Crippen LogP contribution in [0.1, 0.15) is 5.56 Å². The molecule has 13 heavy (non-hydrogen) atoms. The lowest BCUT2D eigenvalue weighted by molar-refractivity contribution is 1.09. The summed E-state index contributed by atoms with van der Waals surface area (Å²) in [5.41, 5.74) is 2.78. The molecule has 0 saturated heterocycles. The molecule has 0 bridgehead atoms. The lowest BCUT2D eigenvalue weighted by atomic mass is 10.2. The number of aromatic nitrogens is 3. The van der Waals surface area contributed by atoms with Crippen LogP contribution in [0, 0.1) is 6.92 Å². The van der Waals surface area contributed by atoms with Crippen LogP contribution in [0.4, 0.5) is 0 Å². The molecule has 0 saturated carbocycles. The highest BCUT2D eigenvalue weighted by molar-refractivity contribution is 6.32. The standard InChI is InChI=1S/C9H8ClN3/c1-6-2-7(4-11-3-6)9-8(10)5-12-13-9/h2-5H,1H3,(H,12,13). The Hall–Kier alpha value is -1.35. The molecule has 2 rings (SSSR count). The van der Waals surface area contributed by atoms with Crippen LogP contribution in [0.3, 0.4) is 0 Å². The second-order valence-electron chi connectivity index (χ2n) is 2.83. The third-order valence-electron chi connectivity index (χ3n) is 1.74. The zero-order valence-corrected chi connectivity index (χ0v) is 7.84. The monoisotopic (exact) mass is 193 g/mol. The number of H-pyrrole nitrogens is 1. The van der Waals surface area contributed by atoms with Crippen LogP contribution in [0.25, 0.3) is 11.3 Å². The summed E-state index contributed by atoms with van der Waals surface area (Å²) in [7, 11) is 0. The van der Waals surface area contributed by atoms with Gasteiger partial charge in [-0.15, -0.1) is 0 Å². The molecule has 0 aliphatic heterocycles. The first kappa shape index (κ1) is 8.26. The van der Waals surface area contributed by atoms with Crippen LogP contribution in [0.15, 0.2) is 24.7 Å². The van der Waals surface area contributed by atoms with E-state index in [1.807, 2.05) is 13.0 Å². The summed E-state index contributed by atoms with van der Waals surface area (Å²) in [4.78, 5) is 4.07. The van der Waals surface area contributed by atoms with E-state index in [2.05, 4.69) is 15.2 Å². The Kier molecular flexibility index (Phi) is 2.02. The Morgan fingerprint density at radius 2 is 2.23 bits per heavy atom. The van der Waals surface area contributed by atoms with Gasteiger partial charge in [0.15, 0.2) is 0 Å². The Bertz CT molecular complexity index is 422. The Balaban J connectivity index is 2.53. The fraction of sp³-hybridized carbons (Fsp3) is 0.111. The topological polar surface area (TPSA) is 41.6 Å². The van der Waals surface area contributed by atoms with Crippen LogP contribution < -0.4 is 0 Å². The number of nitrogens with zero attached hydrogens (tertiary/aromatic N) is 2. The van der Waals surface area contributed by atoms with E-state index in [9.17, 15) is 0 Å². The van der Waals surface area contributed by atoms with Crippen molar-refractivity contribution in [1.29, 1.82) is 0 Å². The number of aromatic amines is 1. The van der Waals surface area contributed by atoms with Gasteiger partial charge in [0, 0.05) is 24.2 Å². The van der Waals surface area contributed by atoms with Gasteiger partial charge in [0.25, 0.3) is 0 Å². The molecule has 0 atom stereocenters. The van der Waals surface area contributed by atoms with Gasteiger partial charge in [-0.3, -0.25) is 10.1 Å². The molecule has 0 unspecified atom stereocenters. The molecule has 0 radical (unpaired) electrons. The number of aryl methyl sites for hydroxylation is 1. The van der Waals surface area contributed by atoms with Gasteiger partial charge in [-0.05, 0) is 18.6 Å². The van der Waals surface area contributed by atoms with Gasteiger partial charge in [-0.1, -0.05) is 11.6 Å². The SMILES string of the molecule is Cc1cncc(-c2n[nH]cc2Cl)c1. The molecule has 0 aliphatic rings. The van der Waals surface area contributed by atoms with Crippen molar-refractivity contribution in [1.82, 2.24) is 15.2 Å². The molecule has 1 N–H and O–H groups in total. The second kappa shape index (κ2) is 3.18. The van der Waals surface area contributed by atoms with Crippen molar-refractivity contribution in [2.75, 3.05) is 0 Å². The number of nitrogens with one attached hydrogen (secondary N) is 1. The van der Waals surface area contributed by atoms with E-state index in [1.165, 1.54) is 0 Å². The van der Waals surface area contributed by atoms with Crippen molar-refractivity contribution in [3.63, 3.8) is 0 Å². The van der Waals surface area contributed by atoms with Crippen molar-refractivity contribution in [2.45, 2.75) is 6.92 Å². The van der Waals surface area contributed by atoms with Crippen LogP contribution in [-0.2, 0) is 0 Å². The van der Waals surface area contributed by atoms with Crippen LogP contribution in [0.5, 0.6) is 0 Å². The number of pyridine rings is 1. The second-order valence-corrected chi connectivity index (χ2v) is 3.24. The predicted molar refractivity (Wildman–Crippen MR) is 51.6 cm³/mol. The average Bonchev–Trinajstić information content (AvgIpc) is 2.51. The summed E-state index contributed by atoms with van der Waals surface area (Å²) in [6.07, 6.45) is 5.19. The molecule has 0 aliphatic carbocycles. The van der Waals surface area contributed by atoms with Gasteiger partial charge in [0.05, 0.1) is 5.02 Å². The normalized spacial score (nSPS) is 10.3. The third-order valence-corrected chi connectivity index (χ3v) is 2.03. The molecule has 3 nitrogen and oxygen atoms in total. The fourth-order valence-electron chi connectivity index (χ4n) is 1.16. The van der Waals surface area contributed by atoms with Crippen LogP contribution in [-0.4, -0.2) is 15.2 Å². The van der Waals surface area contributed by atoms with Gasteiger partial charge in [-0.2, -0.15) is 5.10 Å². The van der Waals surface area contributed by atoms with Crippen molar-refractivity contribution in [3.05, 3.63) is 35.2 Å². The van der Waals surface area contributed by atoms with Crippen molar-refractivity contribution in [2.24, 2.45) is 0 Å². The van der Waals surface area contributed by atoms with Gasteiger partial charge in [0.1, 0.15) is 5.69 Å². The summed E-state index contributed by atoms with van der Waals surface area (Å²) in [6, 6.07) is 2.00. The lowest BCUT2D eigenvalue weighted by Gasteiger charge is -1.97. The summed E-state index contributed by atoms with van der Waals surface area (Å²) in [5.74, 6) is 0. The van der Waals surface area contributed by atoms with Crippen LogP contribution in [0.2, 0.25) is 5.02 Å². The lowest BCUT2D eigenvalue weighted by Crippen LogP contribution is -1.83. The number of hydrogen-bond donors (Lipinski definition) is 1. The summed E-state index contributed by atoms with van der Waals surface area (Å²) >= 11 is 5.91. The van der Waals surface area contributed by atoms with Gasteiger partial charge < -0.3 is 0 Å². The maximum absolute atomic E-state index is 5.91. The Morgan fingerprint density at radius 3 is 2.85 bits per heavy atom. The Morgan fingerprint density at radius 1 is 1.38 bits per heavy atom. The predicted octanol–water partition coefficient (Wildman–Crippen LogP) is 2.43. The summed E-state index contributed by atoms with van der Waals surface area (Å²) in [5, 5.41) is 7.35. The van der Waals surface area contributed by atoms with E-state index in [1.54, 1.807) is 18.6 Å². The van der Waals surface area contributed by atoms with E-state index in [-0.39, 0.29) is 0 Å². The summed E-state index contributed by atoms with van der Waals surface area (Å²) < 4.78 is 0. The van der Waals surface area contributed by atoms with E-state index in [0.29, 0.717) is 5.02 Å². The highest BCUT2D eigenvalue weighted by Crippen LogP contribution is 2.24. The molecule has 0 fully saturated rings. The maximum atomic E-state index is 5.91. The number of halogens is 1. The molecule has 0 aromatic carbocycles. The molecule has 2 aromatic heterocycles. The minimum atomic E-state index is 0.618. The zero-order chi connectivity index (χ0) is 9.26. The zero-order valence-electron chi connectivity index (χ0n) is 7.08. The first-order valence-electron chi connectivity index (χ1n) is 3.88. The smallest absolute Gasteiger partial charge is 0.112 e. The largest absolute Gasteiger partial charge is 0.284 e. The van der Waals surface area contributed by atoms with Gasteiger partial charge in [0.2, 0.25) is 0 Å². The van der Waals surface area contributed by atoms with Crippen LogP contribution >= 0.6 is 11.6 Å². The molecule has 2 aromatic rings. The Labute approximate surface area is 80.8 Å². The fourth-order valence-corrected chi connectivity index (χ4v) is 1.36. The van der Waals surface area contributed by atoms with Gasteiger partial charge >= 0.3 is 0 Å². The molecule has 0 spiro atoms. The number of hydrogen-bond acceptors (Lipinski definition) is 2. The third kappa shape index (κ3) is 1.55. The van der Waals surface area contributed by atoms with E-state index >= 15 is 0 Å². The quantitative estimate of drug-likeness (QED) is 0.756. The van der Waals surface area contributed by atoms with E-state index in [0.717, 1.165) is 16.8 Å². The minimum absolute atomic E-state index is 0.618. The van der Waals surface area contributed by atoms with E-state index < -0.39 is 0 Å². The number of rotatable bonds is 1. The molecule has 0 amide bonds. The molecule has 4 heteroatoms. The van der Waals surface area contributed by atoms with Crippen molar-refractivity contribution < 1.29 is 0 Å². The van der Waals surface area contributed by atoms with Crippen molar-refractivity contribution in [3.8, 4) is 11.3 Å².